The molecule has 33 heavy (non-hydrogen) atoms. The summed E-state index contributed by atoms with van der Waals surface area (Å²) in [6.07, 6.45) is 1.67. The molecule has 0 spiro atoms. The number of hydrogen-bond donors (Lipinski definition) is 1. The van der Waals surface area contributed by atoms with Gasteiger partial charge in [-0.05, 0) is 66.8 Å². The summed E-state index contributed by atoms with van der Waals surface area (Å²) in [6, 6.07) is 8.42. The molecule has 0 bridgehead atoms. The number of fused-ring (bicyclic) bond motifs is 1. The lowest BCUT2D eigenvalue weighted by Gasteiger charge is -2.40. The fraction of sp³-hybridized carbons (Fsp3) is 0.320. The van der Waals surface area contributed by atoms with Gasteiger partial charge in [0.05, 0.1) is 12.2 Å². The number of benzene rings is 2. The van der Waals surface area contributed by atoms with Crippen molar-refractivity contribution in [1.29, 1.82) is 0 Å². The molecular weight excluding hydrogens is 428 g/mol. The number of hydrogen-bond acceptors (Lipinski definition) is 4. The van der Waals surface area contributed by atoms with Crippen LogP contribution in [-0.2, 0) is 0 Å². The van der Waals surface area contributed by atoms with Crippen LogP contribution in [0, 0.1) is 25.5 Å². The van der Waals surface area contributed by atoms with E-state index >= 15 is 0 Å². The van der Waals surface area contributed by atoms with Gasteiger partial charge in [-0.2, -0.15) is 5.10 Å². The average Bonchev–Trinajstić information content (AvgIpc) is 2.76. The maximum Gasteiger partial charge on any atom is 0.276 e. The van der Waals surface area contributed by atoms with Gasteiger partial charge in [0.1, 0.15) is 11.6 Å². The van der Waals surface area contributed by atoms with Gasteiger partial charge in [0, 0.05) is 19.0 Å². The van der Waals surface area contributed by atoms with Gasteiger partial charge in [-0.1, -0.05) is 19.1 Å². The van der Waals surface area contributed by atoms with Crippen molar-refractivity contribution in [2.75, 3.05) is 13.1 Å². The molecule has 1 aliphatic rings. The molecule has 6 nitrogen and oxygen atoms in total. The molecule has 8 heteroatoms. The number of rotatable bonds is 5. The summed E-state index contributed by atoms with van der Waals surface area (Å²) in [5, 5.41) is 14.7. The van der Waals surface area contributed by atoms with Gasteiger partial charge in [0.25, 0.3) is 5.91 Å². The second kappa shape index (κ2) is 8.77. The molecule has 0 radical (unpaired) electrons. The van der Waals surface area contributed by atoms with E-state index in [0.717, 1.165) is 17.3 Å². The Morgan fingerprint density at radius 3 is 2.15 bits per heavy atom. The molecule has 1 aliphatic heterocycles. The molecule has 0 saturated carbocycles. The first-order valence-electron chi connectivity index (χ1n) is 10.8. The van der Waals surface area contributed by atoms with Crippen molar-refractivity contribution in [2.45, 2.75) is 39.2 Å². The highest BCUT2D eigenvalue weighted by atomic mass is 19.1. The number of aromatic nitrogens is 2. The maximum absolute atomic E-state index is 14.0. The topological polar surface area (TPSA) is 75.4 Å². The molecule has 1 unspecified atom stereocenters. The van der Waals surface area contributed by atoms with Crippen LogP contribution in [0.1, 0.15) is 58.0 Å². The van der Waals surface area contributed by atoms with Crippen molar-refractivity contribution in [3.63, 3.8) is 0 Å². The van der Waals surface area contributed by atoms with Crippen LogP contribution >= 0.6 is 0 Å². The third-order valence-electron chi connectivity index (χ3n) is 6.21. The lowest BCUT2D eigenvalue weighted by Crippen LogP contribution is -2.47. The van der Waals surface area contributed by atoms with Crippen LogP contribution in [0.15, 0.2) is 47.4 Å². The summed E-state index contributed by atoms with van der Waals surface area (Å²) in [6.45, 7) is 6.19. The Bertz CT molecular complexity index is 1240. The average molecular weight is 453 g/mol. The molecule has 3 aromatic rings. The van der Waals surface area contributed by atoms with Crippen molar-refractivity contribution >= 4 is 5.91 Å². The largest absolute Gasteiger partial charge is 0.502 e. The lowest BCUT2D eigenvalue weighted by molar-refractivity contribution is 0.0634. The predicted molar refractivity (Wildman–Crippen MR) is 120 cm³/mol. The Labute approximate surface area is 190 Å². The minimum atomic E-state index is -0.737. The molecule has 0 aliphatic carbocycles. The van der Waals surface area contributed by atoms with Crippen LogP contribution in [-0.4, -0.2) is 38.8 Å². The van der Waals surface area contributed by atoms with E-state index in [1.54, 1.807) is 30.9 Å². The zero-order valence-electron chi connectivity index (χ0n) is 18.7. The van der Waals surface area contributed by atoms with E-state index in [0.29, 0.717) is 24.1 Å². The maximum atomic E-state index is 14.0. The van der Waals surface area contributed by atoms with Crippen molar-refractivity contribution in [3.05, 3.63) is 92.4 Å². The Kier molecular flexibility index (Phi) is 6.01. The van der Waals surface area contributed by atoms with E-state index in [2.05, 4.69) is 5.10 Å². The summed E-state index contributed by atoms with van der Waals surface area (Å²) in [4.78, 5) is 26.8. The first kappa shape index (κ1) is 22.6. The highest BCUT2D eigenvalue weighted by molar-refractivity contribution is 5.95. The number of carbonyl (C=O) groups is 1. The molecule has 0 saturated heterocycles. The van der Waals surface area contributed by atoms with Crippen LogP contribution < -0.4 is 5.43 Å². The Hall–Kier alpha value is -3.55. The van der Waals surface area contributed by atoms with Gasteiger partial charge in [-0.25, -0.2) is 8.78 Å². The number of nitrogens with zero attached hydrogens (tertiary/aromatic N) is 3. The zero-order valence-corrected chi connectivity index (χ0v) is 18.7. The Morgan fingerprint density at radius 2 is 1.64 bits per heavy atom. The Morgan fingerprint density at radius 1 is 1.06 bits per heavy atom. The lowest BCUT2D eigenvalue weighted by atomic mass is 9.80. The number of carbonyl (C=O) groups excluding carboxylic acids is 1. The van der Waals surface area contributed by atoms with Gasteiger partial charge in [-0.3, -0.25) is 14.3 Å². The van der Waals surface area contributed by atoms with E-state index in [1.807, 2.05) is 6.92 Å². The third-order valence-corrected chi connectivity index (χ3v) is 6.21. The predicted octanol–water partition coefficient (Wildman–Crippen LogP) is 4.08. The minimum absolute atomic E-state index is 0.170. The van der Waals surface area contributed by atoms with Crippen molar-refractivity contribution < 1.29 is 18.7 Å². The fourth-order valence-electron chi connectivity index (χ4n) is 4.71. The number of aryl methyl sites for hydroxylation is 2. The van der Waals surface area contributed by atoms with Crippen molar-refractivity contribution in [3.8, 4) is 5.75 Å². The molecule has 1 atom stereocenters. The van der Waals surface area contributed by atoms with E-state index < -0.39 is 29.0 Å². The molecule has 172 valence electrons. The third kappa shape index (κ3) is 4.01. The summed E-state index contributed by atoms with van der Waals surface area (Å²) >= 11 is 0. The van der Waals surface area contributed by atoms with Gasteiger partial charge in [0.2, 0.25) is 5.43 Å². The first-order valence-corrected chi connectivity index (χ1v) is 10.8. The SMILES string of the molecule is CCCN1CC(C(c2ccc(F)cc2C)c2ccc(F)cc2C)n2ncc(=O)c(O)c2C1=O. The smallest absolute Gasteiger partial charge is 0.276 e. The number of aromatic hydroxyl groups is 1. The number of amides is 1. The molecule has 4 rings (SSSR count). The molecule has 0 fully saturated rings. The van der Waals surface area contributed by atoms with Gasteiger partial charge in [-0.15, -0.1) is 0 Å². The molecule has 1 N–H and O–H groups in total. The molecule has 2 heterocycles. The van der Waals surface area contributed by atoms with Crippen LogP contribution in [0.3, 0.4) is 0 Å². The Balaban J connectivity index is 2.00. The van der Waals surface area contributed by atoms with E-state index in [4.69, 9.17) is 0 Å². The van der Waals surface area contributed by atoms with Crippen LogP contribution in [0.5, 0.6) is 5.75 Å². The molecular formula is C25H25F2N3O3. The minimum Gasteiger partial charge on any atom is -0.502 e. The fourth-order valence-corrected chi connectivity index (χ4v) is 4.71. The van der Waals surface area contributed by atoms with Crippen LogP contribution in [0.25, 0.3) is 0 Å². The summed E-state index contributed by atoms with van der Waals surface area (Å²) in [5.74, 6) is -2.33. The highest BCUT2D eigenvalue weighted by Gasteiger charge is 2.40. The quantitative estimate of drug-likeness (QED) is 0.632. The van der Waals surface area contributed by atoms with Gasteiger partial charge >= 0.3 is 0 Å². The van der Waals surface area contributed by atoms with Crippen LogP contribution in [0.4, 0.5) is 8.78 Å². The second-order valence-electron chi connectivity index (χ2n) is 8.45. The summed E-state index contributed by atoms with van der Waals surface area (Å²) in [5.41, 5.74) is 2.04. The van der Waals surface area contributed by atoms with Crippen LogP contribution in [0.2, 0.25) is 0 Å². The molecule has 1 aromatic heterocycles. The van der Waals surface area contributed by atoms with Gasteiger partial charge in [0.15, 0.2) is 11.4 Å². The van der Waals surface area contributed by atoms with Crippen molar-refractivity contribution in [2.24, 2.45) is 0 Å². The monoisotopic (exact) mass is 453 g/mol. The zero-order chi connectivity index (χ0) is 23.9. The first-order chi connectivity index (χ1) is 15.7. The molecule has 2 aromatic carbocycles. The van der Waals surface area contributed by atoms with E-state index in [1.165, 1.54) is 28.9 Å². The molecule has 1 amide bonds. The summed E-state index contributed by atoms with van der Waals surface area (Å²) in [7, 11) is 0. The van der Waals surface area contributed by atoms with E-state index in [9.17, 15) is 23.5 Å². The summed E-state index contributed by atoms with van der Waals surface area (Å²) < 4.78 is 29.3. The second-order valence-corrected chi connectivity index (χ2v) is 8.45. The standard InChI is InChI=1S/C25H25F2N3O3/c1-4-9-29-13-20(30-23(25(29)33)24(32)21(31)12-28-30)22(18-7-5-16(26)10-14(18)2)19-8-6-17(27)11-15(19)3/h5-8,10-12,20,22,32H,4,9,13H2,1-3H3. The van der Waals surface area contributed by atoms with E-state index in [-0.39, 0.29) is 23.9 Å². The highest BCUT2D eigenvalue weighted by Crippen LogP contribution is 2.41. The number of halogens is 2. The normalized spacial score (nSPS) is 15.8. The van der Waals surface area contributed by atoms with Crippen molar-refractivity contribution in [1.82, 2.24) is 14.7 Å². The van der Waals surface area contributed by atoms with Gasteiger partial charge < -0.3 is 10.0 Å².